The van der Waals surface area contributed by atoms with Crippen LogP contribution in [0.3, 0.4) is 0 Å². The lowest BCUT2D eigenvalue weighted by atomic mass is 10.1. The molecular formula is C16H21N5O2. The molecule has 2 heterocycles. The number of nitrogens with one attached hydrogen (secondary N) is 3. The summed E-state index contributed by atoms with van der Waals surface area (Å²) in [5.41, 5.74) is 1.46. The zero-order chi connectivity index (χ0) is 16.1. The molecule has 3 rings (SSSR count). The van der Waals surface area contributed by atoms with Gasteiger partial charge in [-0.05, 0) is 44.5 Å². The number of carbonyl (C=O) groups is 1. The van der Waals surface area contributed by atoms with E-state index in [1.165, 1.54) is 12.8 Å². The van der Waals surface area contributed by atoms with E-state index in [9.17, 15) is 4.79 Å². The van der Waals surface area contributed by atoms with Crippen LogP contribution in [0.2, 0.25) is 0 Å². The van der Waals surface area contributed by atoms with Crippen LogP contribution in [0.15, 0.2) is 28.8 Å². The molecule has 0 saturated carbocycles. The maximum Gasteiger partial charge on any atom is 0.319 e. The van der Waals surface area contributed by atoms with Crippen LogP contribution in [-0.2, 0) is 0 Å². The van der Waals surface area contributed by atoms with Gasteiger partial charge in [0.05, 0.1) is 0 Å². The van der Waals surface area contributed by atoms with Gasteiger partial charge in [-0.1, -0.05) is 17.6 Å². The predicted octanol–water partition coefficient (Wildman–Crippen LogP) is 2.31. The Morgan fingerprint density at radius 1 is 1.43 bits per heavy atom. The van der Waals surface area contributed by atoms with Gasteiger partial charge in [-0.15, -0.1) is 0 Å². The summed E-state index contributed by atoms with van der Waals surface area (Å²) in [6.45, 7) is 3.43. The third-order valence-electron chi connectivity index (χ3n) is 3.82. The Hall–Kier alpha value is -2.41. The fourth-order valence-corrected chi connectivity index (χ4v) is 2.63. The van der Waals surface area contributed by atoms with Gasteiger partial charge < -0.3 is 20.5 Å². The fourth-order valence-electron chi connectivity index (χ4n) is 2.63. The summed E-state index contributed by atoms with van der Waals surface area (Å²) in [5, 5.41) is 12.9. The van der Waals surface area contributed by atoms with Crippen molar-refractivity contribution in [3.8, 4) is 11.5 Å². The van der Waals surface area contributed by atoms with Crippen LogP contribution >= 0.6 is 0 Å². The Morgan fingerprint density at radius 2 is 2.35 bits per heavy atom. The van der Waals surface area contributed by atoms with Crippen LogP contribution in [0, 0.1) is 6.92 Å². The quantitative estimate of drug-likeness (QED) is 0.805. The summed E-state index contributed by atoms with van der Waals surface area (Å²) >= 11 is 0. The molecule has 1 saturated heterocycles. The van der Waals surface area contributed by atoms with E-state index in [1.54, 1.807) is 6.92 Å². The zero-order valence-electron chi connectivity index (χ0n) is 13.1. The molecule has 3 N–H and O–H groups in total. The minimum Gasteiger partial charge on any atom is -0.336 e. The highest BCUT2D eigenvalue weighted by Gasteiger charge is 2.13. The maximum absolute atomic E-state index is 12.0. The summed E-state index contributed by atoms with van der Waals surface area (Å²) < 4.78 is 5.14. The lowest BCUT2D eigenvalue weighted by Gasteiger charge is -2.23. The van der Waals surface area contributed by atoms with Crippen molar-refractivity contribution in [3.63, 3.8) is 0 Å². The fraction of sp³-hybridized carbons (Fsp3) is 0.438. The Labute approximate surface area is 134 Å². The summed E-state index contributed by atoms with van der Waals surface area (Å²) in [5.74, 6) is 1.02. The molecule has 7 heteroatoms. The molecule has 1 aliphatic heterocycles. The highest BCUT2D eigenvalue weighted by atomic mass is 16.5. The number of aromatic nitrogens is 2. The van der Waals surface area contributed by atoms with Crippen molar-refractivity contribution in [3.05, 3.63) is 30.1 Å². The first-order valence-corrected chi connectivity index (χ1v) is 7.90. The van der Waals surface area contributed by atoms with Crippen LogP contribution in [-0.4, -0.2) is 35.3 Å². The molecule has 1 aromatic heterocycles. The zero-order valence-corrected chi connectivity index (χ0v) is 13.1. The van der Waals surface area contributed by atoms with Gasteiger partial charge in [0.25, 0.3) is 5.89 Å². The van der Waals surface area contributed by atoms with Crippen molar-refractivity contribution in [1.29, 1.82) is 0 Å². The monoisotopic (exact) mass is 315 g/mol. The normalized spacial score (nSPS) is 17.7. The first-order valence-electron chi connectivity index (χ1n) is 7.90. The molecule has 0 aliphatic carbocycles. The topological polar surface area (TPSA) is 92.1 Å². The number of hydrogen-bond donors (Lipinski definition) is 3. The number of benzene rings is 1. The van der Waals surface area contributed by atoms with Crippen molar-refractivity contribution in [1.82, 2.24) is 20.8 Å². The summed E-state index contributed by atoms with van der Waals surface area (Å²) in [6, 6.07) is 7.49. The number of rotatable bonds is 4. The Morgan fingerprint density at radius 3 is 3.09 bits per heavy atom. The predicted molar refractivity (Wildman–Crippen MR) is 87.1 cm³/mol. The van der Waals surface area contributed by atoms with Gasteiger partial charge in [0, 0.05) is 23.8 Å². The number of amides is 2. The minimum atomic E-state index is -0.212. The summed E-state index contributed by atoms with van der Waals surface area (Å²) in [6.07, 6.45) is 3.53. The first-order chi connectivity index (χ1) is 11.2. The van der Waals surface area contributed by atoms with Crippen molar-refractivity contribution < 1.29 is 9.32 Å². The van der Waals surface area contributed by atoms with Crippen LogP contribution in [0.4, 0.5) is 10.5 Å². The molecule has 122 valence electrons. The average Bonchev–Trinajstić information content (AvgIpc) is 3.01. The molecule has 1 atom stereocenters. The SMILES string of the molecule is Cc1noc(-c2cccc(NC(=O)NCC3CCCCN3)c2)n1. The van der Waals surface area contributed by atoms with Gasteiger partial charge in [-0.2, -0.15) is 4.98 Å². The second kappa shape index (κ2) is 7.23. The minimum absolute atomic E-state index is 0.212. The number of piperidine rings is 1. The maximum atomic E-state index is 12.0. The molecule has 1 aliphatic rings. The second-order valence-electron chi connectivity index (χ2n) is 5.71. The van der Waals surface area contributed by atoms with E-state index in [1.807, 2.05) is 24.3 Å². The molecule has 7 nitrogen and oxygen atoms in total. The third kappa shape index (κ3) is 4.29. The van der Waals surface area contributed by atoms with E-state index in [2.05, 4.69) is 26.1 Å². The van der Waals surface area contributed by atoms with Crippen LogP contribution in [0.1, 0.15) is 25.1 Å². The molecule has 1 aromatic carbocycles. The highest BCUT2D eigenvalue weighted by molar-refractivity contribution is 5.89. The molecule has 23 heavy (non-hydrogen) atoms. The van der Waals surface area contributed by atoms with E-state index in [-0.39, 0.29) is 6.03 Å². The highest BCUT2D eigenvalue weighted by Crippen LogP contribution is 2.20. The smallest absolute Gasteiger partial charge is 0.319 e. The number of hydrogen-bond acceptors (Lipinski definition) is 5. The number of carbonyl (C=O) groups excluding carboxylic acids is 1. The molecule has 2 amide bonds. The lowest BCUT2D eigenvalue weighted by Crippen LogP contribution is -2.44. The van der Waals surface area contributed by atoms with E-state index in [0.29, 0.717) is 30.0 Å². The van der Waals surface area contributed by atoms with E-state index >= 15 is 0 Å². The summed E-state index contributed by atoms with van der Waals surface area (Å²) in [7, 11) is 0. The van der Waals surface area contributed by atoms with Crippen molar-refractivity contribution in [2.75, 3.05) is 18.4 Å². The number of nitrogens with zero attached hydrogens (tertiary/aromatic N) is 2. The lowest BCUT2D eigenvalue weighted by molar-refractivity contribution is 0.249. The summed E-state index contributed by atoms with van der Waals surface area (Å²) in [4.78, 5) is 16.2. The van der Waals surface area contributed by atoms with E-state index in [4.69, 9.17) is 4.52 Å². The average molecular weight is 315 g/mol. The van der Waals surface area contributed by atoms with Gasteiger partial charge >= 0.3 is 6.03 Å². The third-order valence-corrected chi connectivity index (χ3v) is 3.82. The first kappa shape index (κ1) is 15.5. The van der Waals surface area contributed by atoms with E-state index in [0.717, 1.165) is 18.5 Å². The standard InChI is InChI=1S/C16H21N5O2/c1-11-19-15(23-21-11)12-5-4-7-13(9-12)20-16(22)18-10-14-6-2-3-8-17-14/h4-5,7,9,14,17H,2-3,6,8,10H2,1H3,(H2,18,20,22). The molecule has 0 bridgehead atoms. The van der Waals surface area contributed by atoms with Crippen molar-refractivity contribution in [2.24, 2.45) is 0 Å². The van der Waals surface area contributed by atoms with Crippen LogP contribution in [0.25, 0.3) is 11.5 Å². The van der Waals surface area contributed by atoms with Gasteiger partial charge in [0.15, 0.2) is 5.82 Å². The Kier molecular flexibility index (Phi) is 4.87. The van der Waals surface area contributed by atoms with Gasteiger partial charge in [-0.25, -0.2) is 4.79 Å². The van der Waals surface area contributed by atoms with Gasteiger partial charge in [0.1, 0.15) is 0 Å². The molecule has 1 fully saturated rings. The van der Waals surface area contributed by atoms with Crippen molar-refractivity contribution in [2.45, 2.75) is 32.2 Å². The second-order valence-corrected chi connectivity index (χ2v) is 5.71. The Balaban J connectivity index is 1.56. The van der Waals surface area contributed by atoms with E-state index < -0.39 is 0 Å². The van der Waals surface area contributed by atoms with Crippen LogP contribution in [0.5, 0.6) is 0 Å². The number of aryl methyl sites for hydroxylation is 1. The number of anilines is 1. The molecule has 2 aromatic rings. The largest absolute Gasteiger partial charge is 0.336 e. The van der Waals surface area contributed by atoms with Gasteiger partial charge in [-0.3, -0.25) is 0 Å². The Bertz CT molecular complexity index is 664. The number of urea groups is 1. The van der Waals surface area contributed by atoms with Crippen molar-refractivity contribution >= 4 is 11.7 Å². The van der Waals surface area contributed by atoms with Gasteiger partial charge in [0.2, 0.25) is 0 Å². The van der Waals surface area contributed by atoms with Crippen LogP contribution < -0.4 is 16.0 Å². The molecule has 1 unspecified atom stereocenters. The molecular weight excluding hydrogens is 294 g/mol. The molecule has 0 spiro atoms. The molecule has 0 radical (unpaired) electrons.